The van der Waals surface area contributed by atoms with Crippen LogP contribution < -0.4 is 4.72 Å². The van der Waals surface area contributed by atoms with Crippen LogP contribution in [-0.2, 0) is 4.74 Å². The summed E-state index contributed by atoms with van der Waals surface area (Å²) in [5, 5.41) is 0. The van der Waals surface area contributed by atoms with Crippen molar-refractivity contribution in [2.75, 3.05) is 25.4 Å². The molecule has 0 spiro atoms. The van der Waals surface area contributed by atoms with Crippen molar-refractivity contribution in [1.29, 1.82) is 0 Å². The Kier molecular flexibility index (Phi) is 6.29. The van der Waals surface area contributed by atoms with Crippen molar-refractivity contribution in [3.8, 4) is 0 Å². The van der Waals surface area contributed by atoms with E-state index in [-0.39, 0.29) is 6.09 Å². The molecule has 0 aromatic heterocycles. The lowest BCUT2D eigenvalue weighted by atomic mass is 9.97. The summed E-state index contributed by atoms with van der Waals surface area (Å²) in [6, 6.07) is 0. The zero-order chi connectivity index (χ0) is 13.6. The maximum atomic E-state index is 11.9. The molecule has 1 fully saturated rings. The fourth-order valence-electron chi connectivity index (χ4n) is 1.92. The van der Waals surface area contributed by atoms with Gasteiger partial charge in [-0.15, -0.1) is 0 Å². The zero-order valence-corrected chi connectivity index (χ0v) is 12.8. The summed E-state index contributed by atoms with van der Waals surface area (Å²) >= 11 is 1.76. The number of hydrogen-bond acceptors (Lipinski definition) is 4. The molecule has 0 aliphatic carbocycles. The Bertz CT molecular complexity index is 258. The predicted octanol–water partition coefficient (Wildman–Crippen LogP) is 2.89. The van der Waals surface area contributed by atoms with Crippen molar-refractivity contribution >= 4 is 18.0 Å². The number of carbonyl (C=O) groups excluding carboxylic acids is 1. The van der Waals surface area contributed by atoms with Crippen LogP contribution in [0.1, 0.15) is 40.5 Å². The molecule has 0 aromatic carbocycles. The van der Waals surface area contributed by atoms with Crippen molar-refractivity contribution in [2.24, 2.45) is 5.92 Å². The third-order valence-corrected chi connectivity index (χ3v) is 3.54. The minimum atomic E-state index is -0.396. The van der Waals surface area contributed by atoms with Crippen molar-refractivity contribution < 1.29 is 9.53 Å². The second-order valence-electron chi connectivity index (χ2n) is 5.69. The van der Waals surface area contributed by atoms with E-state index in [4.69, 9.17) is 4.74 Å². The van der Waals surface area contributed by atoms with Gasteiger partial charge in [-0.1, -0.05) is 18.9 Å². The number of nitrogens with zero attached hydrogens (tertiary/aromatic N) is 1. The number of carbonyl (C=O) groups is 1. The third kappa shape index (κ3) is 5.96. The molecule has 0 unspecified atom stereocenters. The van der Waals surface area contributed by atoms with E-state index in [2.05, 4.69) is 11.6 Å². The Morgan fingerprint density at radius 1 is 1.39 bits per heavy atom. The molecule has 5 heteroatoms. The fourth-order valence-corrected chi connectivity index (χ4v) is 2.48. The van der Waals surface area contributed by atoms with E-state index in [9.17, 15) is 4.79 Å². The van der Waals surface area contributed by atoms with Crippen LogP contribution in [0.5, 0.6) is 0 Å². The number of rotatable bonds is 4. The second kappa shape index (κ2) is 7.24. The van der Waals surface area contributed by atoms with Gasteiger partial charge in [-0.05, 0) is 39.5 Å². The fraction of sp³-hybridized carbons (Fsp3) is 0.923. The molecule has 18 heavy (non-hydrogen) atoms. The standard InChI is InChI=1S/C13H26N2O2S/c1-5-18-14-10-11-6-8-15(9-7-11)12(16)17-13(2,3)4/h11,14H,5-10H2,1-4H3. The maximum absolute atomic E-state index is 11.9. The second-order valence-corrected chi connectivity index (χ2v) is 6.85. The summed E-state index contributed by atoms with van der Waals surface area (Å²) in [6.45, 7) is 10.5. The van der Waals surface area contributed by atoms with Gasteiger partial charge in [0.25, 0.3) is 0 Å². The van der Waals surface area contributed by atoms with Crippen LogP contribution in [0.4, 0.5) is 4.79 Å². The molecule has 4 nitrogen and oxygen atoms in total. The van der Waals surface area contributed by atoms with Gasteiger partial charge in [-0.25, -0.2) is 4.79 Å². The molecule has 0 bridgehead atoms. The average Bonchev–Trinajstić information content (AvgIpc) is 2.28. The van der Waals surface area contributed by atoms with Gasteiger partial charge in [0.05, 0.1) is 0 Å². The molecule has 0 atom stereocenters. The van der Waals surface area contributed by atoms with Gasteiger partial charge < -0.3 is 9.64 Å². The summed E-state index contributed by atoms with van der Waals surface area (Å²) in [5.74, 6) is 1.78. The van der Waals surface area contributed by atoms with E-state index >= 15 is 0 Å². The number of nitrogens with one attached hydrogen (secondary N) is 1. The molecular weight excluding hydrogens is 248 g/mol. The Labute approximate surface area is 115 Å². The number of hydrogen-bond donors (Lipinski definition) is 1. The Hall–Kier alpha value is -0.420. The van der Waals surface area contributed by atoms with E-state index in [1.165, 1.54) is 0 Å². The number of piperidine rings is 1. The van der Waals surface area contributed by atoms with Gasteiger partial charge in [0.2, 0.25) is 0 Å². The van der Waals surface area contributed by atoms with E-state index < -0.39 is 5.60 Å². The van der Waals surface area contributed by atoms with Crippen LogP contribution in [0.3, 0.4) is 0 Å². The summed E-state index contributed by atoms with van der Waals surface area (Å²) in [4.78, 5) is 13.7. The first-order valence-electron chi connectivity index (χ1n) is 6.75. The number of amides is 1. The van der Waals surface area contributed by atoms with Crippen molar-refractivity contribution in [3.05, 3.63) is 0 Å². The van der Waals surface area contributed by atoms with Gasteiger partial charge in [0, 0.05) is 25.4 Å². The SMILES string of the molecule is CCSNCC1CCN(C(=O)OC(C)(C)C)CC1. The van der Waals surface area contributed by atoms with Crippen LogP contribution >= 0.6 is 11.9 Å². The molecule has 106 valence electrons. The summed E-state index contributed by atoms with van der Waals surface area (Å²) in [5.41, 5.74) is -0.396. The van der Waals surface area contributed by atoms with Crippen LogP contribution in [0, 0.1) is 5.92 Å². The molecule has 0 saturated carbocycles. The minimum Gasteiger partial charge on any atom is -0.444 e. The maximum Gasteiger partial charge on any atom is 0.410 e. The first-order valence-corrected chi connectivity index (χ1v) is 7.73. The lowest BCUT2D eigenvalue weighted by Gasteiger charge is -2.33. The topological polar surface area (TPSA) is 41.6 Å². The molecule has 1 saturated heterocycles. The Morgan fingerprint density at radius 2 is 2.00 bits per heavy atom. The highest BCUT2D eigenvalue weighted by Gasteiger charge is 2.26. The van der Waals surface area contributed by atoms with Gasteiger partial charge in [0.15, 0.2) is 0 Å². The van der Waals surface area contributed by atoms with E-state index in [0.717, 1.165) is 38.2 Å². The highest BCUT2D eigenvalue weighted by Crippen LogP contribution is 2.19. The molecule has 0 aromatic rings. The van der Waals surface area contributed by atoms with Crippen molar-refractivity contribution in [1.82, 2.24) is 9.62 Å². The quantitative estimate of drug-likeness (QED) is 0.632. The monoisotopic (exact) mass is 274 g/mol. The first-order chi connectivity index (χ1) is 8.42. The van der Waals surface area contributed by atoms with E-state index in [1.54, 1.807) is 11.9 Å². The minimum absolute atomic E-state index is 0.170. The summed E-state index contributed by atoms with van der Waals surface area (Å²) in [7, 11) is 0. The normalized spacial score (nSPS) is 17.9. The lowest BCUT2D eigenvalue weighted by Crippen LogP contribution is -2.42. The van der Waals surface area contributed by atoms with Crippen LogP contribution in [0.25, 0.3) is 0 Å². The highest BCUT2D eigenvalue weighted by molar-refractivity contribution is 7.97. The van der Waals surface area contributed by atoms with Gasteiger partial charge >= 0.3 is 6.09 Å². The van der Waals surface area contributed by atoms with Crippen molar-refractivity contribution in [3.63, 3.8) is 0 Å². The molecule has 1 amide bonds. The molecule has 1 aliphatic rings. The van der Waals surface area contributed by atoms with Crippen molar-refractivity contribution in [2.45, 2.75) is 46.1 Å². The van der Waals surface area contributed by atoms with Crippen LogP contribution in [-0.4, -0.2) is 42.0 Å². The van der Waals surface area contributed by atoms with Crippen LogP contribution in [0.2, 0.25) is 0 Å². The number of ether oxygens (including phenoxy) is 1. The van der Waals surface area contributed by atoms with E-state index in [1.807, 2.05) is 25.7 Å². The number of likely N-dealkylation sites (tertiary alicyclic amines) is 1. The molecule has 0 radical (unpaired) electrons. The molecule has 1 aliphatic heterocycles. The third-order valence-electron chi connectivity index (χ3n) is 2.88. The Morgan fingerprint density at radius 3 is 2.50 bits per heavy atom. The predicted molar refractivity (Wildman–Crippen MR) is 76.7 cm³/mol. The van der Waals surface area contributed by atoms with E-state index in [0.29, 0.717) is 5.92 Å². The van der Waals surface area contributed by atoms with Gasteiger partial charge in [-0.2, -0.15) is 0 Å². The summed E-state index contributed by atoms with van der Waals surface area (Å²) < 4.78 is 8.75. The first kappa shape index (κ1) is 15.6. The zero-order valence-electron chi connectivity index (χ0n) is 12.0. The van der Waals surface area contributed by atoms with Gasteiger partial charge in [-0.3, -0.25) is 4.72 Å². The van der Waals surface area contributed by atoms with Crippen LogP contribution in [0.15, 0.2) is 0 Å². The highest BCUT2D eigenvalue weighted by atomic mass is 32.2. The van der Waals surface area contributed by atoms with Gasteiger partial charge in [0.1, 0.15) is 5.60 Å². The largest absolute Gasteiger partial charge is 0.444 e. The Balaban J connectivity index is 2.24. The molecule has 1 rings (SSSR count). The average molecular weight is 274 g/mol. The smallest absolute Gasteiger partial charge is 0.410 e. The lowest BCUT2D eigenvalue weighted by molar-refractivity contribution is 0.0186. The molecule has 1 N–H and O–H groups in total. The molecular formula is C13H26N2O2S. The summed E-state index contributed by atoms with van der Waals surface area (Å²) in [6.07, 6.45) is 1.96. The molecule has 1 heterocycles.